The van der Waals surface area contributed by atoms with Crippen LogP contribution >= 0.6 is 0 Å². The molecule has 2 N–H and O–H groups in total. The van der Waals surface area contributed by atoms with Crippen LogP contribution in [0, 0.1) is 12.8 Å². The Bertz CT molecular complexity index is 1220. The first-order valence-corrected chi connectivity index (χ1v) is 10.4. The van der Waals surface area contributed by atoms with E-state index in [0.717, 1.165) is 22.6 Å². The molecule has 1 fully saturated rings. The zero-order valence-electron chi connectivity index (χ0n) is 17.3. The summed E-state index contributed by atoms with van der Waals surface area (Å²) < 4.78 is 1.97. The number of β-amino-alcohol motifs (C(OH)–C–C–N with tert-alkyl or cyclic N) is 1. The van der Waals surface area contributed by atoms with E-state index in [-0.39, 0.29) is 11.8 Å². The van der Waals surface area contributed by atoms with Gasteiger partial charge in [-0.3, -0.25) is 9.89 Å². The number of hydrogen-bond acceptors (Lipinski definition) is 5. The summed E-state index contributed by atoms with van der Waals surface area (Å²) in [6.07, 6.45) is 3.42. The monoisotopic (exact) mass is 416 g/mol. The Hall–Kier alpha value is -3.52. The normalized spacial score (nSPS) is 18.7. The van der Waals surface area contributed by atoms with Gasteiger partial charge >= 0.3 is 0 Å². The van der Waals surface area contributed by atoms with Crippen LogP contribution in [0.25, 0.3) is 11.2 Å². The first-order valence-electron chi connectivity index (χ1n) is 10.4. The number of aromatic nitrogens is 5. The molecule has 0 unspecified atom stereocenters. The molecule has 0 aliphatic carbocycles. The van der Waals surface area contributed by atoms with E-state index in [1.807, 2.05) is 35.8 Å². The highest BCUT2D eigenvalue weighted by molar-refractivity contribution is 5.96. The molecule has 158 valence electrons. The molecule has 4 aromatic rings. The number of fused-ring (bicyclic) bond motifs is 1. The van der Waals surface area contributed by atoms with Crippen molar-refractivity contribution in [1.29, 1.82) is 0 Å². The molecule has 1 aliphatic heterocycles. The number of amides is 1. The summed E-state index contributed by atoms with van der Waals surface area (Å²) in [5, 5.41) is 17.6. The summed E-state index contributed by atoms with van der Waals surface area (Å²) in [5.41, 5.74) is 4.97. The van der Waals surface area contributed by atoms with Gasteiger partial charge in [-0.2, -0.15) is 5.10 Å². The second-order valence-electron chi connectivity index (χ2n) is 8.21. The molecule has 8 heteroatoms. The number of imidazole rings is 1. The summed E-state index contributed by atoms with van der Waals surface area (Å²) in [7, 11) is 0. The predicted molar refractivity (Wildman–Crippen MR) is 116 cm³/mol. The minimum atomic E-state index is -0.567. The Kier molecular flexibility index (Phi) is 4.99. The molecule has 2 atom stereocenters. The number of likely N-dealkylation sites (tertiary alicyclic amines) is 1. The molecule has 0 radical (unpaired) electrons. The van der Waals surface area contributed by atoms with E-state index in [2.05, 4.69) is 32.3 Å². The fourth-order valence-electron chi connectivity index (χ4n) is 4.21. The molecule has 8 nitrogen and oxygen atoms in total. The SMILES string of the molecule is Cc1cc(C[C@@H]2CN(C(=O)c3cnc4c(c3)ncn4Cc3ccccc3)C[C@H]2O)n[nH]1. The van der Waals surface area contributed by atoms with Crippen molar-refractivity contribution in [3.8, 4) is 0 Å². The van der Waals surface area contributed by atoms with Gasteiger partial charge in [0.05, 0.1) is 30.2 Å². The van der Waals surface area contributed by atoms with Gasteiger partial charge in [0.25, 0.3) is 5.91 Å². The number of aliphatic hydroxyl groups excluding tert-OH is 1. The first kappa shape index (κ1) is 19.4. The van der Waals surface area contributed by atoms with E-state index < -0.39 is 6.10 Å². The van der Waals surface area contributed by atoms with Crippen molar-refractivity contribution >= 4 is 17.1 Å². The second-order valence-corrected chi connectivity index (χ2v) is 8.21. The van der Waals surface area contributed by atoms with Crippen molar-refractivity contribution in [1.82, 2.24) is 29.6 Å². The average molecular weight is 416 g/mol. The Morgan fingerprint density at radius 3 is 2.81 bits per heavy atom. The van der Waals surface area contributed by atoms with Gasteiger partial charge in [0.15, 0.2) is 5.65 Å². The van der Waals surface area contributed by atoms with Crippen molar-refractivity contribution in [2.45, 2.75) is 26.0 Å². The number of aromatic amines is 1. The summed E-state index contributed by atoms with van der Waals surface area (Å²) in [5.74, 6) is -0.166. The average Bonchev–Trinajstić information content (AvgIpc) is 3.48. The van der Waals surface area contributed by atoms with Crippen molar-refractivity contribution in [3.05, 3.63) is 77.5 Å². The van der Waals surface area contributed by atoms with Crippen LogP contribution in [0.2, 0.25) is 0 Å². The fourth-order valence-corrected chi connectivity index (χ4v) is 4.21. The molecule has 3 aromatic heterocycles. The molecule has 1 aliphatic rings. The Balaban J connectivity index is 1.30. The topological polar surface area (TPSA) is 99.9 Å². The van der Waals surface area contributed by atoms with Gasteiger partial charge in [-0.1, -0.05) is 30.3 Å². The Morgan fingerprint density at radius 1 is 1.19 bits per heavy atom. The molecule has 1 aromatic carbocycles. The standard InChI is InChI=1S/C23H24N6O2/c1-15-7-19(27-26-15)8-18-12-28(13-21(18)30)23(31)17-9-20-22(24-10-17)29(14-25-20)11-16-5-3-2-4-6-16/h2-7,9-10,14,18,21,30H,8,11-13H2,1H3,(H,26,27)/t18-,21-/m1/s1. The number of hydrogen-bond donors (Lipinski definition) is 2. The lowest BCUT2D eigenvalue weighted by atomic mass is 10.0. The second kappa shape index (κ2) is 7.96. The largest absolute Gasteiger partial charge is 0.391 e. The maximum Gasteiger partial charge on any atom is 0.255 e. The number of aryl methyl sites for hydroxylation is 1. The Morgan fingerprint density at radius 2 is 2.03 bits per heavy atom. The minimum absolute atomic E-state index is 0.0339. The van der Waals surface area contributed by atoms with Gasteiger partial charge in [0.2, 0.25) is 0 Å². The van der Waals surface area contributed by atoms with E-state index >= 15 is 0 Å². The smallest absolute Gasteiger partial charge is 0.255 e. The fraction of sp³-hybridized carbons (Fsp3) is 0.304. The number of aliphatic hydroxyl groups is 1. The zero-order valence-corrected chi connectivity index (χ0v) is 17.3. The van der Waals surface area contributed by atoms with E-state index in [4.69, 9.17) is 0 Å². The third-order valence-corrected chi connectivity index (χ3v) is 5.82. The summed E-state index contributed by atoms with van der Waals surface area (Å²) in [6, 6.07) is 13.9. The van der Waals surface area contributed by atoms with Crippen LogP contribution in [0.4, 0.5) is 0 Å². The predicted octanol–water partition coefficient (Wildman–Crippen LogP) is 2.19. The maximum atomic E-state index is 13.1. The van der Waals surface area contributed by atoms with Crippen molar-refractivity contribution in [2.75, 3.05) is 13.1 Å². The summed E-state index contributed by atoms with van der Waals surface area (Å²) in [4.78, 5) is 23.7. The van der Waals surface area contributed by atoms with Crippen LogP contribution in [0.1, 0.15) is 27.3 Å². The number of pyridine rings is 1. The van der Waals surface area contributed by atoms with E-state index in [1.54, 1.807) is 23.5 Å². The van der Waals surface area contributed by atoms with E-state index in [0.29, 0.717) is 37.1 Å². The molecule has 0 spiro atoms. The third kappa shape index (κ3) is 3.94. The Labute approximate surface area is 179 Å². The van der Waals surface area contributed by atoms with Crippen LogP contribution in [0.15, 0.2) is 55.0 Å². The molecular weight excluding hydrogens is 392 g/mol. The number of carbonyl (C=O) groups excluding carboxylic acids is 1. The van der Waals surface area contributed by atoms with E-state index in [9.17, 15) is 9.90 Å². The summed E-state index contributed by atoms with van der Waals surface area (Å²) >= 11 is 0. The van der Waals surface area contributed by atoms with Crippen LogP contribution in [-0.4, -0.2) is 59.8 Å². The van der Waals surface area contributed by atoms with Gasteiger partial charge in [-0.15, -0.1) is 0 Å². The highest BCUT2D eigenvalue weighted by Gasteiger charge is 2.35. The lowest BCUT2D eigenvalue weighted by molar-refractivity contribution is 0.0764. The third-order valence-electron chi connectivity index (χ3n) is 5.82. The molecule has 1 amide bonds. The number of rotatable bonds is 5. The van der Waals surface area contributed by atoms with Crippen LogP contribution in [-0.2, 0) is 13.0 Å². The van der Waals surface area contributed by atoms with Crippen LogP contribution in [0.3, 0.4) is 0 Å². The van der Waals surface area contributed by atoms with Crippen molar-refractivity contribution < 1.29 is 9.90 Å². The number of nitrogens with one attached hydrogen (secondary N) is 1. The number of benzene rings is 1. The van der Waals surface area contributed by atoms with Gasteiger partial charge < -0.3 is 14.6 Å². The number of nitrogens with zero attached hydrogens (tertiary/aromatic N) is 5. The lowest BCUT2D eigenvalue weighted by Gasteiger charge is -2.16. The highest BCUT2D eigenvalue weighted by Crippen LogP contribution is 2.23. The highest BCUT2D eigenvalue weighted by atomic mass is 16.3. The summed E-state index contributed by atoms with van der Waals surface area (Å²) in [6.45, 7) is 3.42. The zero-order chi connectivity index (χ0) is 21.4. The van der Waals surface area contributed by atoms with Crippen molar-refractivity contribution in [3.63, 3.8) is 0 Å². The number of H-pyrrole nitrogens is 1. The van der Waals surface area contributed by atoms with Gasteiger partial charge in [-0.05, 0) is 31.0 Å². The molecule has 0 bridgehead atoms. The quantitative estimate of drug-likeness (QED) is 0.520. The first-order chi connectivity index (χ1) is 15.1. The van der Waals surface area contributed by atoms with Crippen LogP contribution < -0.4 is 0 Å². The molecule has 31 heavy (non-hydrogen) atoms. The number of carbonyl (C=O) groups is 1. The lowest BCUT2D eigenvalue weighted by Crippen LogP contribution is -2.29. The maximum absolute atomic E-state index is 13.1. The minimum Gasteiger partial charge on any atom is -0.391 e. The molecule has 1 saturated heterocycles. The van der Waals surface area contributed by atoms with Gasteiger partial charge in [-0.25, -0.2) is 9.97 Å². The van der Waals surface area contributed by atoms with E-state index in [1.165, 1.54) is 0 Å². The molecular formula is C23H24N6O2. The van der Waals surface area contributed by atoms with Gasteiger partial charge in [0.1, 0.15) is 5.52 Å². The van der Waals surface area contributed by atoms with Gasteiger partial charge in [0, 0.05) is 30.9 Å². The molecule has 5 rings (SSSR count). The molecule has 4 heterocycles. The van der Waals surface area contributed by atoms with Crippen molar-refractivity contribution in [2.24, 2.45) is 5.92 Å². The molecule has 0 saturated carbocycles. The van der Waals surface area contributed by atoms with Crippen LogP contribution in [0.5, 0.6) is 0 Å².